The van der Waals surface area contributed by atoms with E-state index in [1.807, 2.05) is 54.6 Å². The largest absolute Gasteiger partial charge is 0.495 e. The third-order valence-corrected chi connectivity index (χ3v) is 4.75. The number of methoxy groups -OCH3 is 1. The van der Waals surface area contributed by atoms with Crippen LogP contribution in [0.25, 0.3) is 22.4 Å². The van der Waals surface area contributed by atoms with E-state index < -0.39 is 0 Å². The number of ether oxygens (including phenoxy) is 1. The fourth-order valence-electron chi connectivity index (χ4n) is 2.84. The molecule has 5 nitrogen and oxygen atoms in total. The molecule has 0 aliphatic carbocycles. The van der Waals surface area contributed by atoms with Gasteiger partial charge in [-0.25, -0.2) is 4.98 Å². The molecule has 4 aromatic rings. The molecule has 0 aliphatic heterocycles. The van der Waals surface area contributed by atoms with E-state index in [2.05, 4.69) is 31.2 Å². The molecular formula is C21H16BrN3O2. The van der Waals surface area contributed by atoms with E-state index in [1.54, 1.807) is 19.2 Å². The number of benzene rings is 3. The maximum Gasteiger partial charge on any atom is 0.255 e. The SMILES string of the molecule is COc1ccc(-c2nc3ccccc3[nH]2)cc1NC(=O)c1ccc(Br)cc1. The standard InChI is InChI=1S/C21H16BrN3O2/c1-27-19-11-8-14(20-23-16-4-2-3-5-17(16)24-20)12-18(19)25-21(26)13-6-9-15(22)10-7-13/h2-12H,1H3,(H,23,24)(H,25,26). The fraction of sp³-hybridized carbons (Fsp3) is 0.0476. The average molecular weight is 422 g/mol. The lowest BCUT2D eigenvalue weighted by Crippen LogP contribution is -2.12. The molecule has 6 heteroatoms. The van der Waals surface area contributed by atoms with E-state index >= 15 is 0 Å². The number of imidazole rings is 1. The molecule has 0 unspecified atom stereocenters. The molecule has 4 rings (SSSR count). The van der Waals surface area contributed by atoms with E-state index in [4.69, 9.17) is 4.74 Å². The lowest BCUT2D eigenvalue weighted by atomic mass is 10.1. The number of carbonyl (C=O) groups is 1. The van der Waals surface area contributed by atoms with E-state index in [0.717, 1.165) is 26.9 Å². The van der Waals surface area contributed by atoms with Gasteiger partial charge in [-0.3, -0.25) is 4.79 Å². The smallest absolute Gasteiger partial charge is 0.255 e. The van der Waals surface area contributed by atoms with Crippen molar-refractivity contribution in [2.45, 2.75) is 0 Å². The number of halogens is 1. The summed E-state index contributed by atoms with van der Waals surface area (Å²) in [5.74, 6) is 1.11. The van der Waals surface area contributed by atoms with E-state index in [0.29, 0.717) is 17.0 Å². The first-order valence-electron chi connectivity index (χ1n) is 8.34. The fourth-order valence-corrected chi connectivity index (χ4v) is 3.10. The van der Waals surface area contributed by atoms with Gasteiger partial charge >= 0.3 is 0 Å². The number of aromatic amines is 1. The highest BCUT2D eigenvalue weighted by molar-refractivity contribution is 9.10. The van der Waals surface area contributed by atoms with Gasteiger partial charge in [0.05, 0.1) is 23.8 Å². The quantitative estimate of drug-likeness (QED) is 0.472. The van der Waals surface area contributed by atoms with Crippen molar-refractivity contribution in [2.24, 2.45) is 0 Å². The summed E-state index contributed by atoms with van der Waals surface area (Å²) in [5, 5.41) is 2.92. The van der Waals surface area contributed by atoms with Gasteiger partial charge in [0.2, 0.25) is 0 Å². The molecule has 0 spiro atoms. The molecule has 0 saturated heterocycles. The Morgan fingerprint density at radius 2 is 1.85 bits per heavy atom. The molecule has 0 radical (unpaired) electrons. The number of hydrogen-bond acceptors (Lipinski definition) is 3. The molecule has 2 N–H and O–H groups in total. The first-order valence-corrected chi connectivity index (χ1v) is 9.13. The Morgan fingerprint density at radius 3 is 2.59 bits per heavy atom. The number of amides is 1. The van der Waals surface area contributed by atoms with Crippen LogP contribution in [-0.2, 0) is 0 Å². The summed E-state index contributed by atoms with van der Waals surface area (Å²) in [6.45, 7) is 0. The van der Waals surface area contributed by atoms with Crippen LogP contribution >= 0.6 is 15.9 Å². The first kappa shape index (κ1) is 17.3. The number of fused-ring (bicyclic) bond motifs is 1. The van der Waals surface area contributed by atoms with Crippen LogP contribution < -0.4 is 10.1 Å². The summed E-state index contributed by atoms with van der Waals surface area (Å²) in [4.78, 5) is 20.5. The number of hydrogen-bond donors (Lipinski definition) is 2. The Labute approximate surface area is 164 Å². The van der Waals surface area contributed by atoms with E-state index in [-0.39, 0.29) is 5.91 Å². The lowest BCUT2D eigenvalue weighted by Gasteiger charge is -2.11. The molecule has 0 saturated carbocycles. The number of nitrogens with zero attached hydrogens (tertiary/aromatic N) is 1. The average Bonchev–Trinajstić information content (AvgIpc) is 3.12. The molecular weight excluding hydrogens is 406 g/mol. The van der Waals surface area contributed by atoms with Crippen LogP contribution in [0.2, 0.25) is 0 Å². The van der Waals surface area contributed by atoms with Gasteiger partial charge in [0, 0.05) is 15.6 Å². The topological polar surface area (TPSA) is 67.0 Å². The maximum atomic E-state index is 12.6. The minimum atomic E-state index is -0.206. The lowest BCUT2D eigenvalue weighted by molar-refractivity contribution is 0.102. The number of aromatic nitrogens is 2. The molecule has 3 aromatic carbocycles. The molecule has 0 bridgehead atoms. The Bertz CT molecular complexity index is 1090. The summed E-state index contributed by atoms with van der Waals surface area (Å²) in [6, 6.07) is 20.6. The number of para-hydroxylation sites is 2. The zero-order valence-electron chi connectivity index (χ0n) is 14.5. The Balaban J connectivity index is 1.68. The monoisotopic (exact) mass is 421 g/mol. The molecule has 1 aromatic heterocycles. The summed E-state index contributed by atoms with van der Waals surface area (Å²) in [5.41, 5.74) is 3.86. The normalized spacial score (nSPS) is 10.7. The predicted molar refractivity (Wildman–Crippen MR) is 110 cm³/mol. The molecule has 0 fully saturated rings. The van der Waals surface area contributed by atoms with Gasteiger partial charge < -0.3 is 15.0 Å². The maximum absolute atomic E-state index is 12.6. The van der Waals surface area contributed by atoms with Crippen LogP contribution in [0.1, 0.15) is 10.4 Å². The van der Waals surface area contributed by atoms with E-state index in [9.17, 15) is 4.79 Å². The van der Waals surface area contributed by atoms with Crippen molar-refractivity contribution in [2.75, 3.05) is 12.4 Å². The third-order valence-electron chi connectivity index (χ3n) is 4.22. The number of nitrogens with one attached hydrogen (secondary N) is 2. The van der Waals surface area contributed by atoms with Crippen molar-refractivity contribution >= 4 is 38.6 Å². The van der Waals surface area contributed by atoms with Gasteiger partial charge in [-0.2, -0.15) is 0 Å². The molecule has 0 aliphatic rings. The molecule has 27 heavy (non-hydrogen) atoms. The zero-order chi connectivity index (χ0) is 18.8. The summed E-state index contributed by atoms with van der Waals surface area (Å²) >= 11 is 3.37. The second-order valence-corrected chi connectivity index (χ2v) is 6.89. The molecule has 1 heterocycles. The molecule has 1 amide bonds. The van der Waals surface area contributed by atoms with Gasteiger partial charge in [0.25, 0.3) is 5.91 Å². The number of carbonyl (C=O) groups excluding carboxylic acids is 1. The highest BCUT2D eigenvalue weighted by Gasteiger charge is 2.13. The second-order valence-electron chi connectivity index (χ2n) is 5.98. The highest BCUT2D eigenvalue weighted by Crippen LogP contribution is 2.31. The van der Waals surface area contributed by atoms with Crippen LogP contribution in [-0.4, -0.2) is 23.0 Å². The van der Waals surface area contributed by atoms with Crippen molar-refractivity contribution in [3.8, 4) is 17.1 Å². The van der Waals surface area contributed by atoms with Crippen molar-refractivity contribution in [3.63, 3.8) is 0 Å². The highest BCUT2D eigenvalue weighted by atomic mass is 79.9. The van der Waals surface area contributed by atoms with Crippen molar-refractivity contribution in [1.82, 2.24) is 9.97 Å². The number of rotatable bonds is 4. The second kappa shape index (κ2) is 7.25. The molecule has 134 valence electrons. The Kier molecular flexibility index (Phi) is 4.64. The minimum Gasteiger partial charge on any atom is -0.495 e. The summed E-state index contributed by atoms with van der Waals surface area (Å²) in [6.07, 6.45) is 0. The van der Waals surface area contributed by atoms with Gasteiger partial charge in [0.1, 0.15) is 11.6 Å². The summed E-state index contributed by atoms with van der Waals surface area (Å²) < 4.78 is 6.32. The minimum absolute atomic E-state index is 0.206. The zero-order valence-corrected chi connectivity index (χ0v) is 16.1. The summed E-state index contributed by atoms with van der Waals surface area (Å²) in [7, 11) is 1.57. The number of anilines is 1. The van der Waals surface area contributed by atoms with Crippen LogP contribution in [0.15, 0.2) is 71.2 Å². The van der Waals surface area contributed by atoms with Gasteiger partial charge in [0.15, 0.2) is 0 Å². The third kappa shape index (κ3) is 3.57. The van der Waals surface area contributed by atoms with Crippen LogP contribution in [0.3, 0.4) is 0 Å². The van der Waals surface area contributed by atoms with Gasteiger partial charge in [-0.15, -0.1) is 0 Å². The van der Waals surface area contributed by atoms with Crippen molar-refractivity contribution < 1.29 is 9.53 Å². The van der Waals surface area contributed by atoms with Crippen LogP contribution in [0.5, 0.6) is 5.75 Å². The first-order chi connectivity index (χ1) is 13.1. The van der Waals surface area contributed by atoms with E-state index in [1.165, 1.54) is 0 Å². The van der Waals surface area contributed by atoms with Gasteiger partial charge in [-0.05, 0) is 54.6 Å². The van der Waals surface area contributed by atoms with Crippen molar-refractivity contribution in [1.29, 1.82) is 0 Å². The van der Waals surface area contributed by atoms with Crippen LogP contribution in [0, 0.1) is 0 Å². The Hall–Kier alpha value is -3.12. The number of H-pyrrole nitrogens is 1. The van der Waals surface area contributed by atoms with Crippen LogP contribution in [0.4, 0.5) is 5.69 Å². The Morgan fingerprint density at radius 1 is 1.07 bits per heavy atom. The molecule has 0 atom stereocenters. The van der Waals surface area contributed by atoms with Gasteiger partial charge in [-0.1, -0.05) is 28.1 Å². The van der Waals surface area contributed by atoms with Crippen molar-refractivity contribution in [3.05, 3.63) is 76.8 Å². The predicted octanol–water partition coefficient (Wildman–Crippen LogP) is 5.25.